The van der Waals surface area contributed by atoms with Crippen LogP contribution in [-0.4, -0.2) is 32.4 Å². The normalized spacial score (nSPS) is 15.4. The van der Waals surface area contributed by atoms with Crippen LogP contribution in [0, 0.1) is 0 Å². The first-order chi connectivity index (χ1) is 15.3. The molecular formula is C25H24N6. The molecule has 2 aliphatic rings. The van der Waals surface area contributed by atoms with Gasteiger partial charge in [0, 0.05) is 54.8 Å². The maximum atomic E-state index is 4.91. The molecule has 154 valence electrons. The quantitative estimate of drug-likeness (QED) is 0.509. The fraction of sp³-hybridized carbons (Fsp3) is 0.240. The average Bonchev–Trinajstić information content (AvgIpc) is 3.49. The molecule has 4 heterocycles. The van der Waals surface area contributed by atoms with E-state index in [1.54, 1.807) is 6.20 Å². The Morgan fingerprint density at radius 1 is 0.968 bits per heavy atom. The van der Waals surface area contributed by atoms with E-state index in [1.165, 1.54) is 30.5 Å². The van der Waals surface area contributed by atoms with Gasteiger partial charge in [-0.3, -0.25) is 4.98 Å². The maximum absolute atomic E-state index is 4.91. The van der Waals surface area contributed by atoms with E-state index >= 15 is 0 Å². The number of anilines is 3. The molecule has 0 spiro atoms. The van der Waals surface area contributed by atoms with Crippen LogP contribution >= 0.6 is 0 Å². The molecule has 1 fully saturated rings. The number of aromatic nitrogens is 4. The molecule has 1 aliphatic carbocycles. The Balaban J connectivity index is 1.32. The van der Waals surface area contributed by atoms with Crippen LogP contribution in [0.2, 0.25) is 0 Å². The van der Waals surface area contributed by atoms with Crippen molar-refractivity contribution < 1.29 is 0 Å². The number of rotatable bonds is 4. The Morgan fingerprint density at radius 3 is 2.71 bits per heavy atom. The fourth-order valence-corrected chi connectivity index (χ4v) is 4.47. The van der Waals surface area contributed by atoms with E-state index in [4.69, 9.17) is 4.98 Å². The van der Waals surface area contributed by atoms with Crippen molar-refractivity contribution in [3.8, 4) is 11.3 Å². The summed E-state index contributed by atoms with van der Waals surface area (Å²) in [7, 11) is 0. The van der Waals surface area contributed by atoms with Gasteiger partial charge in [-0.1, -0.05) is 6.08 Å². The van der Waals surface area contributed by atoms with Crippen molar-refractivity contribution >= 4 is 28.9 Å². The molecule has 0 radical (unpaired) electrons. The summed E-state index contributed by atoms with van der Waals surface area (Å²) in [6, 6.07) is 10.8. The Labute approximate surface area is 181 Å². The van der Waals surface area contributed by atoms with Crippen molar-refractivity contribution in [3.63, 3.8) is 0 Å². The van der Waals surface area contributed by atoms with E-state index in [0.717, 1.165) is 53.6 Å². The summed E-state index contributed by atoms with van der Waals surface area (Å²) in [5.41, 5.74) is 7.29. The van der Waals surface area contributed by atoms with Crippen LogP contribution in [0.5, 0.6) is 0 Å². The summed E-state index contributed by atoms with van der Waals surface area (Å²) < 4.78 is 2.01. The minimum atomic E-state index is 0.742. The molecule has 3 aromatic heterocycles. The lowest BCUT2D eigenvalue weighted by Gasteiger charge is -2.28. The number of nitrogens with zero attached hydrogens (tertiary/aromatic N) is 5. The van der Waals surface area contributed by atoms with Gasteiger partial charge in [-0.25, -0.2) is 9.97 Å². The summed E-state index contributed by atoms with van der Waals surface area (Å²) >= 11 is 0. The van der Waals surface area contributed by atoms with Crippen molar-refractivity contribution in [2.24, 2.45) is 0 Å². The van der Waals surface area contributed by atoms with Crippen molar-refractivity contribution in [3.05, 3.63) is 72.5 Å². The van der Waals surface area contributed by atoms with Gasteiger partial charge in [0.05, 0.1) is 11.4 Å². The second-order valence-corrected chi connectivity index (χ2v) is 8.23. The molecule has 1 saturated heterocycles. The molecule has 4 aromatic rings. The monoisotopic (exact) mass is 408 g/mol. The van der Waals surface area contributed by atoms with Gasteiger partial charge in [0.2, 0.25) is 0 Å². The summed E-state index contributed by atoms with van der Waals surface area (Å²) in [6.07, 6.45) is 16.7. The van der Waals surface area contributed by atoms with E-state index in [9.17, 15) is 0 Å². The number of fused-ring (bicyclic) bond motifs is 2. The van der Waals surface area contributed by atoms with Gasteiger partial charge in [-0.05, 0) is 67.7 Å². The second kappa shape index (κ2) is 7.54. The van der Waals surface area contributed by atoms with Crippen molar-refractivity contribution in [1.29, 1.82) is 0 Å². The summed E-state index contributed by atoms with van der Waals surface area (Å²) in [6.45, 7) is 2.30. The number of hydrogen-bond acceptors (Lipinski definition) is 5. The highest BCUT2D eigenvalue weighted by Crippen LogP contribution is 2.28. The first kappa shape index (κ1) is 18.1. The van der Waals surface area contributed by atoms with Gasteiger partial charge >= 0.3 is 0 Å². The maximum Gasteiger partial charge on any atom is 0.180 e. The van der Waals surface area contributed by atoms with E-state index in [1.807, 2.05) is 23.0 Å². The molecule has 6 nitrogen and oxygen atoms in total. The van der Waals surface area contributed by atoms with Crippen LogP contribution in [0.15, 0.2) is 61.2 Å². The molecule has 1 aromatic carbocycles. The van der Waals surface area contributed by atoms with Crippen molar-refractivity contribution in [1.82, 2.24) is 19.4 Å². The topological polar surface area (TPSA) is 58.4 Å². The molecule has 6 rings (SSSR count). The van der Waals surface area contributed by atoms with Gasteiger partial charge < -0.3 is 14.6 Å². The van der Waals surface area contributed by atoms with Crippen molar-refractivity contribution in [2.75, 3.05) is 23.3 Å². The number of imidazole rings is 1. The lowest BCUT2D eigenvalue weighted by molar-refractivity contribution is 0.578. The molecule has 0 unspecified atom stereocenters. The van der Waals surface area contributed by atoms with E-state index in [0.29, 0.717) is 0 Å². The zero-order valence-corrected chi connectivity index (χ0v) is 17.3. The molecule has 31 heavy (non-hydrogen) atoms. The second-order valence-electron chi connectivity index (χ2n) is 8.23. The predicted octanol–water partition coefficient (Wildman–Crippen LogP) is 5.09. The zero-order valence-electron chi connectivity index (χ0n) is 17.3. The van der Waals surface area contributed by atoms with E-state index in [-0.39, 0.29) is 0 Å². The predicted molar refractivity (Wildman–Crippen MR) is 125 cm³/mol. The number of benzene rings is 1. The molecule has 0 saturated carbocycles. The van der Waals surface area contributed by atoms with Crippen LogP contribution in [0.25, 0.3) is 23.0 Å². The lowest BCUT2D eigenvalue weighted by atomic mass is 10.1. The molecule has 0 amide bonds. The highest BCUT2D eigenvalue weighted by Gasteiger charge is 2.14. The van der Waals surface area contributed by atoms with Gasteiger partial charge in [0.15, 0.2) is 11.5 Å². The third-order valence-electron chi connectivity index (χ3n) is 6.14. The largest absolute Gasteiger partial charge is 0.372 e. The van der Waals surface area contributed by atoms with Gasteiger partial charge in [-0.2, -0.15) is 0 Å². The minimum absolute atomic E-state index is 0.742. The summed E-state index contributed by atoms with van der Waals surface area (Å²) in [4.78, 5) is 16.5. The molecular weight excluding hydrogens is 384 g/mol. The average molecular weight is 409 g/mol. The highest BCUT2D eigenvalue weighted by atomic mass is 15.1. The first-order valence-corrected chi connectivity index (χ1v) is 11.0. The van der Waals surface area contributed by atoms with E-state index in [2.05, 4.69) is 62.7 Å². The first-order valence-electron chi connectivity index (χ1n) is 11.0. The number of pyridine rings is 1. The third kappa shape index (κ3) is 3.44. The smallest absolute Gasteiger partial charge is 0.180 e. The molecule has 0 bridgehead atoms. The van der Waals surface area contributed by atoms with Crippen LogP contribution in [0.1, 0.15) is 30.5 Å². The van der Waals surface area contributed by atoms with Crippen molar-refractivity contribution in [2.45, 2.75) is 25.7 Å². The van der Waals surface area contributed by atoms with Crippen LogP contribution < -0.4 is 10.2 Å². The molecule has 1 N–H and O–H groups in total. The van der Waals surface area contributed by atoms with Crippen LogP contribution in [0.4, 0.5) is 17.2 Å². The van der Waals surface area contributed by atoms with Gasteiger partial charge in [-0.15, -0.1) is 0 Å². The van der Waals surface area contributed by atoms with Crippen LogP contribution in [-0.2, 0) is 6.42 Å². The standard InChI is InChI=1S/C25H24N6/c1-2-12-30(13-3-1)21-9-7-20(8-10-21)28-24-25-26-11-14-31(25)17-23(29-24)19-15-18-5-4-6-22(18)27-16-19/h4,6-11,14-17H,1-3,5,12-13H2,(H,28,29). The number of nitrogens with one attached hydrogen (secondary N) is 1. The zero-order chi connectivity index (χ0) is 20.6. The Morgan fingerprint density at radius 2 is 1.84 bits per heavy atom. The molecule has 1 aliphatic heterocycles. The summed E-state index contributed by atoms with van der Waals surface area (Å²) in [5.74, 6) is 0.742. The lowest BCUT2D eigenvalue weighted by Crippen LogP contribution is -2.29. The van der Waals surface area contributed by atoms with Gasteiger partial charge in [0.25, 0.3) is 0 Å². The molecule has 6 heteroatoms. The third-order valence-corrected chi connectivity index (χ3v) is 6.14. The minimum Gasteiger partial charge on any atom is -0.372 e. The summed E-state index contributed by atoms with van der Waals surface area (Å²) in [5, 5.41) is 3.48. The SMILES string of the molecule is C1=Cc2ncc(-c3cn4ccnc4c(Nc4ccc(N5CCCCC5)cc4)n3)cc2C1. The fourth-order valence-electron chi connectivity index (χ4n) is 4.47. The number of piperidine rings is 1. The Bertz CT molecular complexity index is 1270. The Hall–Kier alpha value is -3.67. The highest BCUT2D eigenvalue weighted by molar-refractivity contribution is 5.75. The van der Waals surface area contributed by atoms with Crippen LogP contribution in [0.3, 0.4) is 0 Å². The number of allylic oxidation sites excluding steroid dienone is 1. The van der Waals surface area contributed by atoms with E-state index < -0.39 is 0 Å². The Kier molecular flexibility index (Phi) is 4.41. The number of hydrogen-bond donors (Lipinski definition) is 1. The molecule has 0 atom stereocenters. The van der Waals surface area contributed by atoms with Gasteiger partial charge in [0.1, 0.15) is 0 Å².